The van der Waals surface area contributed by atoms with E-state index in [4.69, 9.17) is 22.1 Å². The highest BCUT2D eigenvalue weighted by Crippen LogP contribution is 2.32. The van der Waals surface area contributed by atoms with Crippen molar-refractivity contribution < 1.29 is 9.53 Å². The second-order valence-electron chi connectivity index (χ2n) is 6.07. The maximum atomic E-state index is 13.4. The fraction of sp³-hybridized carbons (Fsp3) is 0.0500. The number of carbonyl (C=O) groups excluding carboxylic acids is 1. The van der Waals surface area contributed by atoms with Crippen molar-refractivity contribution in [3.8, 4) is 5.69 Å². The fourth-order valence-electron chi connectivity index (χ4n) is 3.26. The summed E-state index contributed by atoms with van der Waals surface area (Å²) in [5.41, 5.74) is 6.68. The van der Waals surface area contributed by atoms with Crippen molar-refractivity contribution in [3.63, 3.8) is 0 Å². The normalized spacial score (nSPS) is 11.1. The third kappa shape index (κ3) is 2.82. The van der Waals surface area contributed by atoms with Gasteiger partial charge in [0.15, 0.2) is 0 Å². The quantitative estimate of drug-likeness (QED) is 0.326. The van der Waals surface area contributed by atoms with Crippen molar-refractivity contribution in [3.05, 3.63) is 73.3 Å². The van der Waals surface area contributed by atoms with Gasteiger partial charge in [-0.25, -0.2) is 4.79 Å². The van der Waals surface area contributed by atoms with Crippen LogP contribution in [0.25, 0.3) is 27.4 Å². The van der Waals surface area contributed by atoms with E-state index in [9.17, 15) is 9.59 Å². The second-order valence-corrected chi connectivity index (χ2v) is 7.72. The van der Waals surface area contributed by atoms with Crippen LogP contribution in [0.5, 0.6) is 0 Å². The van der Waals surface area contributed by atoms with E-state index < -0.39 is 11.5 Å². The van der Waals surface area contributed by atoms with Gasteiger partial charge in [-0.2, -0.15) is 0 Å². The molecule has 0 radical (unpaired) electrons. The van der Waals surface area contributed by atoms with Crippen LogP contribution in [0.4, 0.5) is 5.69 Å². The van der Waals surface area contributed by atoms with Crippen LogP contribution in [0.2, 0.25) is 5.02 Å². The van der Waals surface area contributed by atoms with Crippen molar-refractivity contribution >= 4 is 67.5 Å². The Morgan fingerprint density at radius 3 is 2.71 bits per heavy atom. The molecule has 8 heteroatoms. The van der Waals surface area contributed by atoms with Gasteiger partial charge >= 0.3 is 5.97 Å². The van der Waals surface area contributed by atoms with Gasteiger partial charge in [0.2, 0.25) is 0 Å². The number of aromatic nitrogens is 2. The predicted molar refractivity (Wildman–Crippen MR) is 118 cm³/mol. The zero-order valence-electron chi connectivity index (χ0n) is 14.6. The van der Waals surface area contributed by atoms with E-state index in [1.54, 1.807) is 36.7 Å². The van der Waals surface area contributed by atoms with Crippen LogP contribution in [-0.2, 0) is 4.74 Å². The fourth-order valence-corrected chi connectivity index (χ4v) is 3.95. The van der Waals surface area contributed by atoms with Crippen LogP contribution in [0, 0.1) is 3.57 Å². The Morgan fingerprint density at radius 1 is 1.18 bits per heavy atom. The summed E-state index contributed by atoms with van der Waals surface area (Å²) in [6.07, 6.45) is 3.26. The number of nitrogens with two attached hydrogens (primary N) is 1. The summed E-state index contributed by atoms with van der Waals surface area (Å²) in [6.45, 7) is 0. The summed E-state index contributed by atoms with van der Waals surface area (Å²) in [7, 11) is 1.22. The largest absolute Gasteiger partial charge is 0.465 e. The van der Waals surface area contributed by atoms with Gasteiger partial charge in [-0.3, -0.25) is 14.3 Å². The molecular weight excluding hydrogens is 493 g/mol. The van der Waals surface area contributed by atoms with Crippen molar-refractivity contribution in [1.82, 2.24) is 9.55 Å². The molecule has 0 aliphatic rings. The van der Waals surface area contributed by atoms with Gasteiger partial charge in [-0.15, -0.1) is 0 Å². The number of benzene rings is 2. The van der Waals surface area contributed by atoms with Gasteiger partial charge in [0.05, 0.1) is 29.0 Å². The molecule has 0 aliphatic heterocycles. The first-order valence-corrected chi connectivity index (χ1v) is 9.64. The lowest BCUT2D eigenvalue weighted by Gasteiger charge is -2.17. The lowest BCUT2D eigenvalue weighted by atomic mass is 10.1. The number of nitrogens with zero attached hydrogens (tertiary/aromatic N) is 2. The molecule has 2 aromatic heterocycles. The van der Waals surface area contributed by atoms with Crippen molar-refractivity contribution in [2.24, 2.45) is 0 Å². The molecule has 4 rings (SSSR count). The summed E-state index contributed by atoms with van der Waals surface area (Å²) >= 11 is 8.47. The second kappa shape index (κ2) is 7.06. The minimum absolute atomic E-state index is 0.0967. The Hall–Kier alpha value is -2.65. The average Bonchev–Trinajstić information content (AvgIpc) is 2.69. The minimum Gasteiger partial charge on any atom is -0.465 e. The summed E-state index contributed by atoms with van der Waals surface area (Å²) in [5.74, 6) is -0.781. The Bertz CT molecular complexity index is 1330. The first-order valence-electron chi connectivity index (χ1n) is 8.18. The molecule has 140 valence electrons. The van der Waals surface area contributed by atoms with Gasteiger partial charge in [0.1, 0.15) is 5.56 Å². The monoisotopic (exact) mass is 505 g/mol. The van der Waals surface area contributed by atoms with Gasteiger partial charge in [-0.05, 0) is 59.0 Å². The smallest absolute Gasteiger partial charge is 0.345 e. The molecule has 4 aromatic rings. The van der Waals surface area contributed by atoms with E-state index in [1.165, 1.54) is 11.7 Å². The summed E-state index contributed by atoms with van der Waals surface area (Å²) in [4.78, 5) is 29.8. The molecule has 2 N–H and O–H groups in total. The predicted octanol–water partition coefficient (Wildman–Crippen LogP) is 4.17. The highest BCUT2D eigenvalue weighted by atomic mass is 127. The highest BCUT2D eigenvalue weighted by molar-refractivity contribution is 14.1. The minimum atomic E-state index is -0.781. The zero-order chi connectivity index (χ0) is 20.0. The number of halogens is 2. The van der Waals surface area contributed by atoms with Crippen LogP contribution >= 0.6 is 34.2 Å². The highest BCUT2D eigenvalue weighted by Gasteiger charge is 2.23. The average molecular weight is 506 g/mol. The van der Waals surface area contributed by atoms with Gasteiger partial charge in [0, 0.05) is 32.1 Å². The number of hydrogen-bond donors (Lipinski definition) is 1. The Balaban J connectivity index is 2.25. The molecule has 6 nitrogen and oxygen atoms in total. The molecule has 2 aromatic carbocycles. The van der Waals surface area contributed by atoms with E-state index in [0.29, 0.717) is 27.0 Å². The number of pyridine rings is 2. The van der Waals surface area contributed by atoms with Gasteiger partial charge in [-0.1, -0.05) is 11.6 Å². The van der Waals surface area contributed by atoms with Crippen LogP contribution in [0.15, 0.2) is 53.6 Å². The number of rotatable bonds is 2. The van der Waals surface area contributed by atoms with E-state index in [-0.39, 0.29) is 11.3 Å². The van der Waals surface area contributed by atoms with Crippen LogP contribution in [0.1, 0.15) is 10.4 Å². The van der Waals surface area contributed by atoms with Gasteiger partial charge < -0.3 is 10.5 Å². The number of ether oxygens (including phenoxy) is 1. The van der Waals surface area contributed by atoms with E-state index >= 15 is 0 Å². The van der Waals surface area contributed by atoms with E-state index in [2.05, 4.69) is 27.6 Å². The number of nitrogen functional groups attached to an aromatic ring is 1. The SMILES string of the molecule is COC(=O)c1c(N)c2ccc(I)cc2n(-c2ccc(Cl)c3cnccc23)c1=O. The summed E-state index contributed by atoms with van der Waals surface area (Å²) in [6, 6.07) is 10.7. The molecule has 2 heterocycles. The van der Waals surface area contributed by atoms with Crippen molar-refractivity contribution in [2.45, 2.75) is 0 Å². The number of anilines is 1. The molecular formula is C20H13ClIN3O3. The number of esters is 1. The van der Waals surface area contributed by atoms with Crippen molar-refractivity contribution in [1.29, 1.82) is 0 Å². The summed E-state index contributed by atoms with van der Waals surface area (Å²) < 4.78 is 7.19. The molecule has 0 saturated carbocycles. The maximum absolute atomic E-state index is 13.4. The number of hydrogen-bond acceptors (Lipinski definition) is 5. The molecule has 0 aliphatic carbocycles. The Labute approximate surface area is 178 Å². The lowest BCUT2D eigenvalue weighted by Crippen LogP contribution is -2.28. The number of methoxy groups -OCH3 is 1. The standard InChI is InChI=1S/C20H13ClIN3O3/c1-28-20(27)17-18(23)12-3-2-10(22)8-16(12)25(19(17)26)15-5-4-14(21)13-9-24-7-6-11(13)15/h2-9H,23H2,1H3. The first kappa shape index (κ1) is 18.7. The first-order chi connectivity index (χ1) is 13.4. The zero-order valence-corrected chi connectivity index (χ0v) is 17.5. The third-order valence-corrected chi connectivity index (χ3v) is 5.55. The molecule has 28 heavy (non-hydrogen) atoms. The molecule has 0 atom stereocenters. The number of carbonyl (C=O) groups is 1. The molecule has 0 spiro atoms. The topological polar surface area (TPSA) is 87.2 Å². The molecule has 0 fully saturated rings. The van der Waals surface area contributed by atoms with Gasteiger partial charge in [0.25, 0.3) is 5.56 Å². The molecule has 0 unspecified atom stereocenters. The Morgan fingerprint density at radius 2 is 1.96 bits per heavy atom. The van der Waals surface area contributed by atoms with Crippen LogP contribution in [-0.4, -0.2) is 22.6 Å². The molecule has 0 bridgehead atoms. The van der Waals surface area contributed by atoms with Crippen molar-refractivity contribution in [2.75, 3.05) is 12.8 Å². The van der Waals surface area contributed by atoms with Crippen LogP contribution in [0.3, 0.4) is 0 Å². The van der Waals surface area contributed by atoms with E-state index in [0.717, 1.165) is 8.96 Å². The van der Waals surface area contributed by atoms with Crippen LogP contribution < -0.4 is 11.3 Å². The lowest BCUT2D eigenvalue weighted by molar-refractivity contribution is 0.0600. The molecule has 0 saturated heterocycles. The molecule has 0 amide bonds. The van der Waals surface area contributed by atoms with E-state index in [1.807, 2.05) is 12.1 Å². The summed E-state index contributed by atoms with van der Waals surface area (Å²) in [5, 5.41) is 2.52. The number of fused-ring (bicyclic) bond motifs is 2. The third-order valence-electron chi connectivity index (χ3n) is 4.55. The Kier molecular flexibility index (Phi) is 4.72. The maximum Gasteiger partial charge on any atom is 0.345 e.